The van der Waals surface area contributed by atoms with Gasteiger partial charge >= 0.3 is 5.97 Å². The Balaban J connectivity index is 1.74. The van der Waals surface area contributed by atoms with Crippen LogP contribution in [0, 0.1) is 5.41 Å². The monoisotopic (exact) mass is 321 g/mol. The van der Waals surface area contributed by atoms with E-state index in [-0.39, 0.29) is 29.9 Å². The van der Waals surface area contributed by atoms with Gasteiger partial charge in [-0.3, -0.25) is 9.59 Å². The molecule has 1 aromatic heterocycles. The minimum absolute atomic E-state index is 0.219. The molecule has 116 valence electrons. The highest BCUT2D eigenvalue weighted by molar-refractivity contribution is 7.20. The van der Waals surface area contributed by atoms with Crippen LogP contribution in [0.2, 0.25) is 0 Å². The first-order chi connectivity index (χ1) is 10.4. The number of amides is 1. The summed E-state index contributed by atoms with van der Waals surface area (Å²) in [6.07, 6.45) is 1.43. The average Bonchev–Trinajstić information content (AvgIpc) is 3.19. The molecule has 1 amide bonds. The van der Waals surface area contributed by atoms with Gasteiger partial charge in [0.1, 0.15) is 0 Å². The van der Waals surface area contributed by atoms with Crippen LogP contribution in [0.15, 0.2) is 18.2 Å². The van der Waals surface area contributed by atoms with Gasteiger partial charge in [-0.05, 0) is 30.4 Å². The Kier molecular flexibility index (Phi) is 3.44. The van der Waals surface area contributed by atoms with Crippen LogP contribution in [0.25, 0.3) is 10.1 Å². The van der Waals surface area contributed by atoms with Gasteiger partial charge in [-0.2, -0.15) is 0 Å². The molecular formula is C15H15NO5S. The van der Waals surface area contributed by atoms with Crippen molar-refractivity contribution in [3.8, 4) is 11.5 Å². The minimum atomic E-state index is -0.572. The maximum atomic E-state index is 12.2. The second-order valence-electron chi connectivity index (χ2n) is 5.44. The molecular weight excluding hydrogens is 306 g/mol. The molecule has 1 aromatic carbocycles. The highest BCUT2D eigenvalue weighted by atomic mass is 32.1. The van der Waals surface area contributed by atoms with E-state index in [4.69, 9.17) is 4.74 Å². The molecule has 2 aromatic rings. The van der Waals surface area contributed by atoms with Crippen molar-refractivity contribution in [1.82, 2.24) is 5.32 Å². The molecule has 6 nitrogen and oxygen atoms in total. The van der Waals surface area contributed by atoms with Crippen molar-refractivity contribution < 1.29 is 24.5 Å². The van der Waals surface area contributed by atoms with Crippen LogP contribution in [0.1, 0.15) is 22.5 Å². The third-order valence-electron chi connectivity index (χ3n) is 3.90. The van der Waals surface area contributed by atoms with Crippen molar-refractivity contribution in [2.75, 3.05) is 13.7 Å². The average molecular weight is 321 g/mol. The van der Waals surface area contributed by atoms with Crippen molar-refractivity contribution in [2.45, 2.75) is 12.8 Å². The SMILES string of the molecule is COC(=O)C1(CNC(=O)c2cc3cc(O)c(O)cc3s2)CC1. The van der Waals surface area contributed by atoms with E-state index in [1.807, 2.05) is 0 Å². The van der Waals surface area contributed by atoms with Crippen molar-refractivity contribution in [3.63, 3.8) is 0 Å². The maximum absolute atomic E-state index is 12.2. The summed E-state index contributed by atoms with van der Waals surface area (Å²) in [5.74, 6) is -1.02. The summed E-state index contributed by atoms with van der Waals surface area (Å²) < 4.78 is 5.45. The zero-order valence-electron chi connectivity index (χ0n) is 11.9. The number of thiophene rings is 1. The summed E-state index contributed by atoms with van der Waals surface area (Å²) in [5, 5.41) is 22.4. The molecule has 7 heteroatoms. The molecule has 1 fully saturated rings. The minimum Gasteiger partial charge on any atom is -0.504 e. The Morgan fingerprint density at radius 2 is 1.95 bits per heavy atom. The largest absolute Gasteiger partial charge is 0.504 e. The molecule has 1 aliphatic rings. The Labute approximate surface area is 130 Å². The van der Waals surface area contributed by atoms with E-state index >= 15 is 0 Å². The second kappa shape index (κ2) is 5.17. The Morgan fingerprint density at radius 1 is 1.27 bits per heavy atom. The molecule has 0 radical (unpaired) electrons. The van der Waals surface area contributed by atoms with Gasteiger partial charge in [0.15, 0.2) is 11.5 Å². The predicted octanol–water partition coefficient (Wildman–Crippen LogP) is 2.00. The Hall–Kier alpha value is -2.28. The maximum Gasteiger partial charge on any atom is 0.313 e. The van der Waals surface area contributed by atoms with Crippen LogP contribution in [0.5, 0.6) is 11.5 Å². The van der Waals surface area contributed by atoms with Crippen LogP contribution in [0.3, 0.4) is 0 Å². The lowest BCUT2D eigenvalue weighted by atomic mass is 10.1. The van der Waals surface area contributed by atoms with Gasteiger partial charge in [-0.1, -0.05) is 0 Å². The van der Waals surface area contributed by atoms with Crippen LogP contribution in [0.4, 0.5) is 0 Å². The number of methoxy groups -OCH3 is 1. The molecule has 0 bridgehead atoms. The first-order valence-electron chi connectivity index (χ1n) is 6.77. The van der Waals surface area contributed by atoms with Gasteiger partial charge in [-0.25, -0.2) is 0 Å². The number of rotatable bonds is 4. The summed E-state index contributed by atoms with van der Waals surface area (Å²) in [5.41, 5.74) is -0.572. The fourth-order valence-corrected chi connectivity index (χ4v) is 3.33. The van der Waals surface area contributed by atoms with Crippen LogP contribution < -0.4 is 5.32 Å². The fraction of sp³-hybridized carbons (Fsp3) is 0.333. The number of phenols is 2. The highest BCUT2D eigenvalue weighted by Crippen LogP contribution is 2.46. The molecule has 0 unspecified atom stereocenters. The molecule has 1 saturated carbocycles. The Morgan fingerprint density at radius 3 is 2.59 bits per heavy atom. The first kappa shape index (κ1) is 14.6. The third kappa shape index (κ3) is 2.48. The number of benzene rings is 1. The van der Waals surface area contributed by atoms with E-state index in [0.29, 0.717) is 27.8 Å². The van der Waals surface area contributed by atoms with Gasteiger partial charge in [0.05, 0.1) is 17.4 Å². The van der Waals surface area contributed by atoms with Crippen molar-refractivity contribution >= 4 is 33.3 Å². The molecule has 1 heterocycles. The normalized spacial score (nSPS) is 15.5. The molecule has 0 saturated heterocycles. The highest BCUT2D eigenvalue weighted by Gasteiger charge is 2.51. The zero-order chi connectivity index (χ0) is 15.9. The van der Waals surface area contributed by atoms with E-state index in [9.17, 15) is 19.8 Å². The molecule has 3 rings (SSSR count). The summed E-state index contributed by atoms with van der Waals surface area (Å²) in [6.45, 7) is 0.253. The van der Waals surface area contributed by atoms with E-state index < -0.39 is 5.41 Å². The zero-order valence-corrected chi connectivity index (χ0v) is 12.7. The van der Waals surface area contributed by atoms with Crippen LogP contribution in [-0.2, 0) is 9.53 Å². The number of nitrogens with one attached hydrogen (secondary N) is 1. The number of carbonyl (C=O) groups is 2. The van der Waals surface area contributed by atoms with Crippen molar-refractivity contribution in [2.24, 2.45) is 5.41 Å². The van der Waals surface area contributed by atoms with E-state index in [2.05, 4.69) is 5.32 Å². The lowest BCUT2D eigenvalue weighted by molar-refractivity contribution is -0.146. The standard InChI is InChI=1S/C15H15NO5S/c1-21-14(20)15(2-3-15)7-16-13(19)12-5-8-4-9(17)10(18)6-11(8)22-12/h4-6,17-18H,2-3,7H2,1H3,(H,16,19). The predicted molar refractivity (Wildman–Crippen MR) is 81.2 cm³/mol. The topological polar surface area (TPSA) is 95.9 Å². The quantitative estimate of drug-likeness (QED) is 0.591. The molecule has 0 atom stereocenters. The molecule has 1 aliphatic carbocycles. The Bertz CT molecular complexity index is 724. The molecule has 22 heavy (non-hydrogen) atoms. The number of aromatic hydroxyl groups is 2. The van der Waals surface area contributed by atoms with Crippen LogP contribution in [-0.4, -0.2) is 35.7 Å². The van der Waals surface area contributed by atoms with Gasteiger partial charge in [-0.15, -0.1) is 11.3 Å². The number of hydrogen-bond donors (Lipinski definition) is 3. The van der Waals surface area contributed by atoms with Gasteiger partial charge in [0.2, 0.25) is 0 Å². The smallest absolute Gasteiger partial charge is 0.313 e. The lowest BCUT2D eigenvalue weighted by Gasteiger charge is -2.12. The van der Waals surface area contributed by atoms with Crippen molar-refractivity contribution in [3.05, 3.63) is 23.1 Å². The number of esters is 1. The van der Waals surface area contributed by atoms with Gasteiger partial charge < -0.3 is 20.3 Å². The van der Waals surface area contributed by atoms with E-state index in [1.54, 1.807) is 6.07 Å². The lowest BCUT2D eigenvalue weighted by Crippen LogP contribution is -2.34. The van der Waals surface area contributed by atoms with Crippen molar-refractivity contribution in [1.29, 1.82) is 0 Å². The van der Waals surface area contributed by atoms with Gasteiger partial charge in [0, 0.05) is 17.3 Å². The number of fused-ring (bicyclic) bond motifs is 1. The summed E-state index contributed by atoms with van der Waals surface area (Å²) in [4.78, 5) is 24.3. The van der Waals surface area contributed by atoms with E-state index in [1.165, 1.54) is 30.6 Å². The fourth-order valence-electron chi connectivity index (χ4n) is 2.33. The summed E-state index contributed by atoms with van der Waals surface area (Å²) in [7, 11) is 1.34. The molecule has 3 N–H and O–H groups in total. The molecule has 0 spiro atoms. The number of hydrogen-bond acceptors (Lipinski definition) is 6. The second-order valence-corrected chi connectivity index (χ2v) is 6.53. The summed E-state index contributed by atoms with van der Waals surface area (Å²) >= 11 is 1.21. The number of carbonyl (C=O) groups excluding carboxylic acids is 2. The van der Waals surface area contributed by atoms with E-state index in [0.717, 1.165) is 0 Å². The first-order valence-corrected chi connectivity index (χ1v) is 7.59. The summed E-state index contributed by atoms with van der Waals surface area (Å²) in [6, 6.07) is 4.48. The number of ether oxygens (including phenoxy) is 1. The van der Waals surface area contributed by atoms with Crippen LogP contribution >= 0.6 is 11.3 Å². The number of phenolic OH excluding ortho intramolecular Hbond substituents is 2. The van der Waals surface area contributed by atoms with Gasteiger partial charge in [0.25, 0.3) is 5.91 Å². The third-order valence-corrected chi connectivity index (χ3v) is 4.99. The molecule has 0 aliphatic heterocycles.